The molecule has 6 nitrogen and oxygen atoms in total. The van der Waals surface area contributed by atoms with E-state index in [9.17, 15) is 13.2 Å². The van der Waals surface area contributed by atoms with E-state index in [4.69, 9.17) is 9.15 Å². The highest BCUT2D eigenvalue weighted by atomic mass is 32.2. The zero-order chi connectivity index (χ0) is 17.2. The van der Waals surface area contributed by atoms with Crippen LogP contribution in [0.4, 0.5) is 5.69 Å². The van der Waals surface area contributed by atoms with E-state index >= 15 is 0 Å². The van der Waals surface area contributed by atoms with Crippen LogP contribution in [0.15, 0.2) is 68.7 Å². The fraction of sp³-hybridized carbons (Fsp3) is 0.118. The number of sulfonamides is 1. The van der Waals surface area contributed by atoms with Crippen LogP contribution < -0.4 is 10.3 Å². The fourth-order valence-electron chi connectivity index (χ4n) is 2.39. The molecule has 0 unspecified atom stereocenters. The molecular formula is C17H15NO5S. The number of benzene rings is 2. The van der Waals surface area contributed by atoms with Crippen molar-refractivity contribution in [3.63, 3.8) is 0 Å². The standard InChI is InChI=1S/C17H15NO5S/c1-22-11-13-4-2-3-5-16(13)24(20,21)18-14-7-8-15-12(10-14)6-9-17(19)23-15/h2-10,18H,11H2,1H3. The molecule has 0 aliphatic carbocycles. The number of hydrogen-bond donors (Lipinski definition) is 1. The first-order valence-electron chi connectivity index (χ1n) is 7.13. The average molecular weight is 345 g/mol. The molecule has 24 heavy (non-hydrogen) atoms. The highest BCUT2D eigenvalue weighted by Gasteiger charge is 2.18. The maximum absolute atomic E-state index is 12.6. The Kier molecular flexibility index (Phi) is 4.37. The summed E-state index contributed by atoms with van der Waals surface area (Å²) in [5, 5.41) is 0.625. The van der Waals surface area contributed by atoms with Gasteiger partial charge in [-0.05, 0) is 35.9 Å². The lowest BCUT2D eigenvalue weighted by atomic mass is 10.2. The third kappa shape index (κ3) is 3.32. The molecule has 0 radical (unpaired) electrons. The minimum atomic E-state index is -3.77. The fourth-order valence-corrected chi connectivity index (χ4v) is 3.66. The van der Waals surface area contributed by atoms with E-state index in [1.165, 1.54) is 19.2 Å². The number of fused-ring (bicyclic) bond motifs is 1. The van der Waals surface area contributed by atoms with Crippen LogP contribution in [0, 0.1) is 0 Å². The lowest BCUT2D eigenvalue weighted by Crippen LogP contribution is -2.15. The lowest BCUT2D eigenvalue weighted by Gasteiger charge is -2.12. The van der Waals surface area contributed by atoms with Gasteiger partial charge in [-0.25, -0.2) is 13.2 Å². The van der Waals surface area contributed by atoms with E-state index in [-0.39, 0.29) is 11.5 Å². The van der Waals surface area contributed by atoms with Gasteiger partial charge in [0.05, 0.1) is 11.5 Å². The Hall–Kier alpha value is -2.64. The topological polar surface area (TPSA) is 85.6 Å². The molecule has 0 bridgehead atoms. The van der Waals surface area contributed by atoms with Gasteiger partial charge in [0.15, 0.2) is 0 Å². The van der Waals surface area contributed by atoms with E-state index in [1.54, 1.807) is 42.5 Å². The SMILES string of the molecule is COCc1ccccc1S(=O)(=O)Nc1ccc2oc(=O)ccc2c1. The van der Waals surface area contributed by atoms with Crippen molar-refractivity contribution in [1.29, 1.82) is 0 Å². The van der Waals surface area contributed by atoms with Crippen molar-refractivity contribution in [2.24, 2.45) is 0 Å². The highest BCUT2D eigenvalue weighted by Crippen LogP contribution is 2.23. The summed E-state index contributed by atoms with van der Waals surface area (Å²) in [6, 6.07) is 14.2. The molecule has 1 N–H and O–H groups in total. The zero-order valence-corrected chi connectivity index (χ0v) is 13.7. The number of methoxy groups -OCH3 is 1. The minimum Gasteiger partial charge on any atom is -0.423 e. The van der Waals surface area contributed by atoms with Crippen LogP contribution >= 0.6 is 0 Å². The molecule has 0 spiro atoms. The van der Waals surface area contributed by atoms with Crippen LogP contribution in [-0.4, -0.2) is 15.5 Å². The second-order valence-electron chi connectivity index (χ2n) is 5.15. The smallest absolute Gasteiger partial charge is 0.336 e. The number of anilines is 1. The Morgan fingerprint density at radius 3 is 2.67 bits per heavy atom. The Morgan fingerprint density at radius 2 is 1.88 bits per heavy atom. The van der Waals surface area contributed by atoms with Crippen molar-refractivity contribution in [2.45, 2.75) is 11.5 Å². The minimum absolute atomic E-state index is 0.159. The van der Waals surface area contributed by atoms with Gasteiger partial charge in [0.2, 0.25) is 0 Å². The summed E-state index contributed by atoms with van der Waals surface area (Å²) in [7, 11) is -2.26. The molecule has 0 saturated heterocycles. The van der Waals surface area contributed by atoms with Gasteiger partial charge in [-0.1, -0.05) is 18.2 Å². The summed E-state index contributed by atoms with van der Waals surface area (Å²) in [4.78, 5) is 11.3. The first-order valence-corrected chi connectivity index (χ1v) is 8.61. The summed E-state index contributed by atoms with van der Waals surface area (Å²) in [5.74, 6) is 0. The van der Waals surface area contributed by atoms with Crippen LogP contribution in [0.1, 0.15) is 5.56 Å². The van der Waals surface area contributed by atoms with E-state index < -0.39 is 15.6 Å². The van der Waals surface area contributed by atoms with E-state index in [0.29, 0.717) is 22.2 Å². The molecule has 0 atom stereocenters. The second kappa shape index (κ2) is 6.46. The normalized spacial score (nSPS) is 11.5. The molecule has 3 aromatic rings. The molecule has 1 heterocycles. The van der Waals surface area contributed by atoms with E-state index in [0.717, 1.165) is 0 Å². The molecule has 2 aromatic carbocycles. The van der Waals surface area contributed by atoms with Crippen molar-refractivity contribution in [1.82, 2.24) is 0 Å². The van der Waals surface area contributed by atoms with Crippen LogP contribution in [0.2, 0.25) is 0 Å². The van der Waals surface area contributed by atoms with Crippen LogP contribution in [-0.2, 0) is 21.4 Å². The van der Waals surface area contributed by atoms with Crippen LogP contribution in [0.25, 0.3) is 11.0 Å². The molecule has 3 rings (SSSR count). The second-order valence-corrected chi connectivity index (χ2v) is 6.80. The van der Waals surface area contributed by atoms with Gasteiger partial charge in [0, 0.05) is 24.2 Å². The van der Waals surface area contributed by atoms with Crippen LogP contribution in [0.3, 0.4) is 0 Å². The first-order chi connectivity index (χ1) is 11.5. The monoisotopic (exact) mass is 345 g/mol. The lowest BCUT2D eigenvalue weighted by molar-refractivity contribution is 0.182. The van der Waals surface area contributed by atoms with Crippen molar-refractivity contribution < 1.29 is 17.6 Å². The van der Waals surface area contributed by atoms with Gasteiger partial charge in [0.25, 0.3) is 10.0 Å². The Labute approximate surface area is 138 Å². The number of ether oxygens (including phenoxy) is 1. The van der Waals surface area contributed by atoms with Gasteiger partial charge >= 0.3 is 5.63 Å². The predicted molar refractivity (Wildman–Crippen MR) is 90.4 cm³/mol. The number of rotatable bonds is 5. The summed E-state index contributed by atoms with van der Waals surface area (Å²) >= 11 is 0. The quantitative estimate of drug-likeness (QED) is 0.719. The van der Waals surface area contributed by atoms with E-state index in [2.05, 4.69) is 4.72 Å². The molecule has 0 aliphatic heterocycles. The number of hydrogen-bond acceptors (Lipinski definition) is 5. The Bertz CT molecular complexity index is 1040. The maximum Gasteiger partial charge on any atom is 0.336 e. The van der Waals surface area contributed by atoms with Crippen molar-refractivity contribution in [3.05, 3.63) is 70.6 Å². The summed E-state index contributed by atoms with van der Waals surface area (Å²) in [5.41, 5.74) is 0.886. The molecular weight excluding hydrogens is 330 g/mol. The summed E-state index contributed by atoms with van der Waals surface area (Å²) in [6.45, 7) is 0.194. The van der Waals surface area contributed by atoms with E-state index in [1.807, 2.05) is 0 Å². The zero-order valence-electron chi connectivity index (χ0n) is 12.9. The molecule has 0 aliphatic rings. The third-order valence-electron chi connectivity index (χ3n) is 3.43. The average Bonchev–Trinajstić information content (AvgIpc) is 2.55. The van der Waals surface area contributed by atoms with Gasteiger partial charge < -0.3 is 9.15 Å². The molecule has 0 fully saturated rings. The largest absolute Gasteiger partial charge is 0.423 e. The van der Waals surface area contributed by atoms with Gasteiger partial charge in [-0.3, -0.25) is 4.72 Å². The van der Waals surface area contributed by atoms with Crippen molar-refractivity contribution in [3.8, 4) is 0 Å². The molecule has 124 valence electrons. The van der Waals surface area contributed by atoms with Crippen molar-refractivity contribution in [2.75, 3.05) is 11.8 Å². The predicted octanol–water partition coefficient (Wildman–Crippen LogP) is 2.74. The maximum atomic E-state index is 12.6. The first kappa shape index (κ1) is 16.2. The molecule has 0 saturated carbocycles. The van der Waals surface area contributed by atoms with Gasteiger partial charge in [0.1, 0.15) is 5.58 Å². The van der Waals surface area contributed by atoms with Crippen molar-refractivity contribution >= 4 is 26.7 Å². The van der Waals surface area contributed by atoms with Gasteiger partial charge in [-0.2, -0.15) is 0 Å². The summed E-state index contributed by atoms with van der Waals surface area (Å²) in [6.07, 6.45) is 0. The molecule has 7 heteroatoms. The number of nitrogens with one attached hydrogen (secondary N) is 1. The Balaban J connectivity index is 1.98. The van der Waals surface area contributed by atoms with Crippen LogP contribution in [0.5, 0.6) is 0 Å². The molecule has 0 amide bonds. The summed E-state index contributed by atoms with van der Waals surface area (Å²) < 4.78 is 37.9. The Morgan fingerprint density at radius 1 is 1.08 bits per heavy atom. The van der Waals surface area contributed by atoms with Gasteiger partial charge in [-0.15, -0.1) is 0 Å². The third-order valence-corrected chi connectivity index (χ3v) is 4.92. The molecule has 1 aromatic heterocycles. The highest BCUT2D eigenvalue weighted by molar-refractivity contribution is 7.92.